The van der Waals surface area contributed by atoms with Gasteiger partial charge < -0.3 is 19.7 Å². The van der Waals surface area contributed by atoms with Crippen LogP contribution in [0.25, 0.3) is 0 Å². The fraction of sp³-hybridized carbons (Fsp3) is 0.368. The molecule has 2 aromatic rings. The van der Waals surface area contributed by atoms with E-state index in [9.17, 15) is 14.7 Å². The lowest BCUT2D eigenvalue weighted by Crippen LogP contribution is -2.38. The summed E-state index contributed by atoms with van der Waals surface area (Å²) in [6.07, 6.45) is 1.38. The van der Waals surface area contributed by atoms with Gasteiger partial charge in [-0.25, -0.2) is 0 Å². The van der Waals surface area contributed by atoms with Gasteiger partial charge in [-0.2, -0.15) is 0 Å². The molecule has 1 saturated heterocycles. The first-order chi connectivity index (χ1) is 11.9. The van der Waals surface area contributed by atoms with Gasteiger partial charge >= 0.3 is 0 Å². The molecule has 6 heteroatoms. The van der Waals surface area contributed by atoms with Crippen LogP contribution in [0.15, 0.2) is 40.8 Å². The van der Waals surface area contributed by atoms with E-state index in [1.54, 1.807) is 49.1 Å². The molecule has 2 heterocycles. The Hall–Kier alpha value is -2.60. The number of furan rings is 1. The molecule has 1 aromatic heterocycles. The van der Waals surface area contributed by atoms with Crippen molar-refractivity contribution < 1.29 is 19.1 Å². The predicted octanol–water partition coefficient (Wildman–Crippen LogP) is 2.35. The van der Waals surface area contributed by atoms with Gasteiger partial charge in [-0.15, -0.1) is 0 Å². The maximum Gasteiger partial charge on any atom is 0.251 e. The molecule has 1 atom stereocenters. The number of rotatable bonds is 5. The normalized spacial score (nSPS) is 16.8. The molecule has 2 amide bonds. The minimum atomic E-state index is -1.30. The number of carbonyl (C=O) groups excluding carboxylic acids is 2. The van der Waals surface area contributed by atoms with Crippen LogP contribution in [0, 0.1) is 6.92 Å². The predicted molar refractivity (Wildman–Crippen MR) is 93.4 cm³/mol. The second kappa shape index (κ2) is 6.72. The lowest BCUT2D eigenvalue weighted by Gasteiger charge is -2.21. The highest BCUT2D eigenvalue weighted by molar-refractivity contribution is 5.99. The number of anilines is 1. The van der Waals surface area contributed by atoms with Crippen LogP contribution in [0.4, 0.5) is 5.69 Å². The van der Waals surface area contributed by atoms with E-state index in [1.807, 2.05) is 6.07 Å². The molecule has 0 bridgehead atoms. The van der Waals surface area contributed by atoms with Crippen molar-refractivity contribution in [2.24, 2.45) is 0 Å². The quantitative estimate of drug-likeness (QED) is 0.874. The number of aryl methyl sites for hydroxylation is 1. The van der Waals surface area contributed by atoms with E-state index in [-0.39, 0.29) is 18.4 Å². The van der Waals surface area contributed by atoms with Crippen molar-refractivity contribution in [3.8, 4) is 0 Å². The molecule has 25 heavy (non-hydrogen) atoms. The van der Waals surface area contributed by atoms with Crippen LogP contribution in [-0.4, -0.2) is 30.0 Å². The summed E-state index contributed by atoms with van der Waals surface area (Å²) < 4.78 is 5.44. The number of hydrogen-bond donors (Lipinski definition) is 2. The van der Waals surface area contributed by atoms with E-state index in [1.165, 1.54) is 0 Å². The number of hydrogen-bond acceptors (Lipinski definition) is 4. The molecule has 1 unspecified atom stereocenters. The standard InChI is InChI=1S/C19H22N2O4/c1-13-8-9-16(25-13)19(2,24)12-20-18(23)14-5-3-6-15(11-14)21-10-4-7-17(21)22/h3,5-6,8-9,11,24H,4,7,10,12H2,1-2H3,(H,20,23). The number of aliphatic hydroxyl groups is 1. The van der Waals surface area contributed by atoms with Crippen LogP contribution in [0.2, 0.25) is 0 Å². The lowest BCUT2D eigenvalue weighted by molar-refractivity contribution is -0.117. The number of nitrogens with one attached hydrogen (secondary N) is 1. The number of carbonyl (C=O) groups is 2. The molecule has 1 aromatic carbocycles. The lowest BCUT2D eigenvalue weighted by atomic mass is 10.0. The minimum Gasteiger partial charge on any atom is -0.463 e. The molecule has 3 rings (SSSR count). The highest BCUT2D eigenvalue weighted by Crippen LogP contribution is 2.24. The van der Waals surface area contributed by atoms with Crippen LogP contribution in [0.5, 0.6) is 0 Å². The van der Waals surface area contributed by atoms with E-state index in [2.05, 4.69) is 5.32 Å². The fourth-order valence-electron chi connectivity index (χ4n) is 2.90. The third-order valence-electron chi connectivity index (χ3n) is 4.36. The van der Waals surface area contributed by atoms with Crippen LogP contribution in [0.3, 0.4) is 0 Å². The van der Waals surface area contributed by atoms with Gasteiger partial charge in [0.05, 0.1) is 6.54 Å². The Morgan fingerprint density at radius 1 is 1.36 bits per heavy atom. The number of nitrogens with zero attached hydrogens (tertiary/aromatic N) is 1. The van der Waals surface area contributed by atoms with E-state index in [0.29, 0.717) is 30.0 Å². The van der Waals surface area contributed by atoms with Gasteiger partial charge in [-0.3, -0.25) is 9.59 Å². The third kappa shape index (κ3) is 3.74. The summed E-state index contributed by atoms with van der Waals surface area (Å²) in [5.41, 5.74) is -0.126. The third-order valence-corrected chi connectivity index (χ3v) is 4.36. The summed E-state index contributed by atoms with van der Waals surface area (Å²) >= 11 is 0. The van der Waals surface area contributed by atoms with Crippen LogP contribution < -0.4 is 10.2 Å². The van der Waals surface area contributed by atoms with Crippen molar-refractivity contribution >= 4 is 17.5 Å². The molecule has 1 fully saturated rings. The van der Waals surface area contributed by atoms with Gasteiger partial charge in [-0.1, -0.05) is 6.07 Å². The molecule has 0 radical (unpaired) electrons. The fourth-order valence-corrected chi connectivity index (χ4v) is 2.90. The Morgan fingerprint density at radius 3 is 2.80 bits per heavy atom. The zero-order valence-corrected chi connectivity index (χ0v) is 14.4. The van der Waals surface area contributed by atoms with Gasteiger partial charge in [0.25, 0.3) is 5.91 Å². The zero-order valence-electron chi connectivity index (χ0n) is 14.4. The van der Waals surface area contributed by atoms with Gasteiger partial charge in [0.15, 0.2) is 0 Å². The Labute approximate surface area is 146 Å². The second-order valence-corrected chi connectivity index (χ2v) is 6.57. The van der Waals surface area contributed by atoms with Crippen LogP contribution in [-0.2, 0) is 10.4 Å². The zero-order chi connectivity index (χ0) is 18.0. The van der Waals surface area contributed by atoms with Gasteiger partial charge in [0, 0.05) is 24.2 Å². The first-order valence-corrected chi connectivity index (χ1v) is 8.35. The van der Waals surface area contributed by atoms with E-state index in [0.717, 1.165) is 12.1 Å². The molecule has 2 N–H and O–H groups in total. The van der Waals surface area contributed by atoms with Crippen molar-refractivity contribution in [2.45, 2.75) is 32.3 Å². The maximum atomic E-state index is 12.4. The van der Waals surface area contributed by atoms with Gasteiger partial charge in [-0.05, 0) is 50.6 Å². The maximum absolute atomic E-state index is 12.4. The van der Waals surface area contributed by atoms with Gasteiger partial charge in [0.1, 0.15) is 17.1 Å². The summed E-state index contributed by atoms with van der Waals surface area (Å²) in [7, 11) is 0. The van der Waals surface area contributed by atoms with Crippen LogP contribution >= 0.6 is 0 Å². The molecule has 1 aliphatic rings. The number of amides is 2. The summed E-state index contributed by atoms with van der Waals surface area (Å²) in [6.45, 7) is 4.08. The van der Waals surface area contributed by atoms with Crippen LogP contribution in [0.1, 0.15) is 41.6 Å². The highest BCUT2D eigenvalue weighted by Gasteiger charge is 2.28. The first kappa shape index (κ1) is 17.2. The van der Waals surface area contributed by atoms with Gasteiger partial charge in [0.2, 0.25) is 5.91 Å². The average molecular weight is 342 g/mol. The molecule has 0 aliphatic carbocycles. The molecular weight excluding hydrogens is 320 g/mol. The summed E-state index contributed by atoms with van der Waals surface area (Å²) in [4.78, 5) is 26.0. The number of benzene rings is 1. The first-order valence-electron chi connectivity index (χ1n) is 8.35. The van der Waals surface area contributed by atoms with E-state index in [4.69, 9.17) is 4.42 Å². The SMILES string of the molecule is Cc1ccc(C(C)(O)CNC(=O)c2cccc(N3CCCC3=O)c2)o1. The van der Waals surface area contributed by atoms with Crippen molar-refractivity contribution in [1.29, 1.82) is 0 Å². The van der Waals surface area contributed by atoms with E-state index < -0.39 is 5.60 Å². The Kier molecular flexibility index (Phi) is 4.63. The average Bonchev–Trinajstić information content (AvgIpc) is 3.21. The molecule has 132 valence electrons. The summed E-state index contributed by atoms with van der Waals surface area (Å²) in [5, 5.41) is 13.2. The highest BCUT2D eigenvalue weighted by atomic mass is 16.4. The Bertz CT molecular complexity index is 794. The minimum absolute atomic E-state index is 0.0195. The summed E-state index contributed by atoms with van der Waals surface area (Å²) in [6, 6.07) is 10.4. The molecule has 0 saturated carbocycles. The van der Waals surface area contributed by atoms with Crippen molar-refractivity contribution in [1.82, 2.24) is 5.32 Å². The Morgan fingerprint density at radius 2 is 2.16 bits per heavy atom. The smallest absolute Gasteiger partial charge is 0.251 e. The van der Waals surface area contributed by atoms with Crippen molar-refractivity contribution in [3.63, 3.8) is 0 Å². The van der Waals surface area contributed by atoms with E-state index >= 15 is 0 Å². The second-order valence-electron chi connectivity index (χ2n) is 6.57. The van der Waals surface area contributed by atoms with Crippen molar-refractivity contribution in [3.05, 3.63) is 53.5 Å². The topological polar surface area (TPSA) is 82.8 Å². The summed E-state index contributed by atoms with van der Waals surface area (Å²) in [5.74, 6) is 0.872. The molecular formula is C19H22N2O4. The Balaban J connectivity index is 1.68. The molecule has 0 spiro atoms. The monoisotopic (exact) mass is 342 g/mol. The molecule has 6 nitrogen and oxygen atoms in total. The largest absolute Gasteiger partial charge is 0.463 e. The van der Waals surface area contributed by atoms with Crippen molar-refractivity contribution in [2.75, 3.05) is 18.0 Å². The molecule has 1 aliphatic heterocycles.